The monoisotopic (exact) mass is 373 g/mol. The van der Waals surface area contributed by atoms with E-state index in [1.165, 1.54) is 43.1 Å². The van der Waals surface area contributed by atoms with E-state index in [9.17, 15) is 0 Å². The van der Waals surface area contributed by atoms with Gasteiger partial charge in [-0.2, -0.15) is 5.10 Å². The van der Waals surface area contributed by atoms with Gasteiger partial charge in [-0.15, -0.1) is 0 Å². The molecule has 2 bridgehead atoms. The first-order valence-corrected chi connectivity index (χ1v) is 10.2. The van der Waals surface area contributed by atoms with Crippen molar-refractivity contribution >= 4 is 16.6 Å². The van der Waals surface area contributed by atoms with Crippen LogP contribution < -0.4 is 5.32 Å². The molecule has 2 fully saturated rings. The number of pyridine rings is 1. The van der Waals surface area contributed by atoms with Gasteiger partial charge in [-0.1, -0.05) is 25.1 Å². The van der Waals surface area contributed by atoms with Crippen molar-refractivity contribution in [2.75, 3.05) is 11.9 Å². The van der Waals surface area contributed by atoms with Gasteiger partial charge in [0.25, 0.3) is 0 Å². The van der Waals surface area contributed by atoms with E-state index in [1.54, 1.807) is 0 Å². The second-order valence-electron chi connectivity index (χ2n) is 8.25. The molecule has 4 heterocycles. The minimum absolute atomic E-state index is 0.754. The highest BCUT2D eigenvalue weighted by molar-refractivity contribution is 5.88. The highest BCUT2D eigenvalue weighted by Crippen LogP contribution is 2.35. The summed E-state index contributed by atoms with van der Waals surface area (Å²) in [6.45, 7) is 5.21. The average Bonchev–Trinajstić information content (AvgIpc) is 3.20. The third kappa shape index (κ3) is 3.31. The molecule has 2 aliphatic rings. The maximum atomic E-state index is 4.59. The standard InChI is InChI=1S/C23H27N5/c1-16(14-28-21-4-3-5-22(28)9-8-21)26-23-11-19-10-17(6-7-18(19)12-24-23)20-13-25-27(2)15-20/h6-7,10-13,15,21-22H,1,3-5,8-9,14H2,2H3,(H,24,26). The van der Waals surface area contributed by atoms with Crippen LogP contribution in [0.5, 0.6) is 0 Å². The Labute approximate surface area is 166 Å². The van der Waals surface area contributed by atoms with Gasteiger partial charge in [0.05, 0.1) is 6.20 Å². The van der Waals surface area contributed by atoms with Crippen LogP contribution in [0.1, 0.15) is 32.1 Å². The largest absolute Gasteiger partial charge is 0.343 e. The topological polar surface area (TPSA) is 46.0 Å². The van der Waals surface area contributed by atoms with E-state index in [0.717, 1.165) is 41.1 Å². The molecule has 3 aromatic rings. The Morgan fingerprint density at radius 2 is 1.89 bits per heavy atom. The maximum Gasteiger partial charge on any atom is 0.130 e. The van der Waals surface area contributed by atoms with E-state index in [0.29, 0.717) is 0 Å². The zero-order valence-electron chi connectivity index (χ0n) is 16.4. The van der Waals surface area contributed by atoms with Crippen LogP contribution in [0.15, 0.2) is 55.1 Å². The number of fused-ring (bicyclic) bond motifs is 3. The summed E-state index contributed by atoms with van der Waals surface area (Å²) in [6, 6.07) is 10.1. The summed E-state index contributed by atoms with van der Waals surface area (Å²) in [6.07, 6.45) is 12.6. The molecule has 28 heavy (non-hydrogen) atoms. The molecule has 0 amide bonds. The Morgan fingerprint density at radius 3 is 2.64 bits per heavy atom. The SMILES string of the molecule is C=C(CN1C2CCCC1CC2)Nc1cc2cc(-c3cnn(C)c3)ccc2cn1. The maximum absolute atomic E-state index is 4.59. The minimum Gasteiger partial charge on any atom is -0.343 e. The Balaban J connectivity index is 1.33. The number of rotatable bonds is 5. The fraction of sp³-hybridized carbons (Fsp3) is 0.391. The van der Waals surface area contributed by atoms with E-state index in [1.807, 2.05) is 30.3 Å². The molecule has 2 atom stereocenters. The smallest absolute Gasteiger partial charge is 0.130 e. The Bertz CT molecular complexity index is 1000. The van der Waals surface area contributed by atoms with Gasteiger partial charge in [-0.05, 0) is 48.8 Å². The molecule has 144 valence electrons. The zero-order chi connectivity index (χ0) is 19.1. The molecule has 0 spiro atoms. The molecule has 5 nitrogen and oxygen atoms in total. The first-order chi connectivity index (χ1) is 13.7. The molecule has 0 saturated carbocycles. The zero-order valence-corrected chi connectivity index (χ0v) is 16.4. The number of nitrogens with one attached hydrogen (secondary N) is 1. The van der Waals surface area contributed by atoms with Crippen LogP contribution in [0.3, 0.4) is 0 Å². The number of benzene rings is 1. The van der Waals surface area contributed by atoms with Crippen LogP contribution >= 0.6 is 0 Å². The molecular weight excluding hydrogens is 346 g/mol. The predicted octanol–water partition coefficient (Wildman–Crippen LogP) is 4.58. The summed E-state index contributed by atoms with van der Waals surface area (Å²) < 4.78 is 1.83. The molecule has 1 aromatic carbocycles. The highest BCUT2D eigenvalue weighted by Gasteiger charge is 2.36. The number of piperidine rings is 1. The van der Waals surface area contributed by atoms with Crippen molar-refractivity contribution in [2.45, 2.75) is 44.2 Å². The minimum atomic E-state index is 0.754. The van der Waals surface area contributed by atoms with E-state index in [2.05, 4.69) is 51.1 Å². The van der Waals surface area contributed by atoms with Gasteiger partial charge >= 0.3 is 0 Å². The van der Waals surface area contributed by atoms with Gasteiger partial charge in [0.15, 0.2) is 0 Å². The highest BCUT2D eigenvalue weighted by atomic mass is 15.2. The molecule has 0 aliphatic carbocycles. The average molecular weight is 374 g/mol. The number of anilines is 1. The van der Waals surface area contributed by atoms with Crippen LogP contribution in [-0.2, 0) is 7.05 Å². The van der Waals surface area contributed by atoms with Crippen molar-refractivity contribution in [1.29, 1.82) is 0 Å². The lowest BCUT2D eigenvalue weighted by Crippen LogP contribution is -2.41. The summed E-state index contributed by atoms with van der Waals surface area (Å²) in [5.41, 5.74) is 3.33. The lowest BCUT2D eigenvalue weighted by atomic mass is 10.0. The van der Waals surface area contributed by atoms with Crippen LogP contribution in [0.4, 0.5) is 5.82 Å². The van der Waals surface area contributed by atoms with Crippen molar-refractivity contribution in [3.8, 4) is 11.1 Å². The van der Waals surface area contributed by atoms with Gasteiger partial charge in [-0.25, -0.2) is 4.98 Å². The summed E-state index contributed by atoms with van der Waals surface area (Å²) in [7, 11) is 1.94. The second-order valence-corrected chi connectivity index (χ2v) is 8.25. The quantitative estimate of drug-likeness (QED) is 0.711. The summed E-state index contributed by atoms with van der Waals surface area (Å²) >= 11 is 0. The van der Waals surface area contributed by atoms with Gasteiger partial charge < -0.3 is 5.32 Å². The van der Waals surface area contributed by atoms with Crippen molar-refractivity contribution in [2.24, 2.45) is 7.05 Å². The number of aromatic nitrogens is 3. The first-order valence-electron chi connectivity index (χ1n) is 10.2. The normalized spacial score (nSPS) is 21.9. The fourth-order valence-corrected chi connectivity index (χ4v) is 4.88. The van der Waals surface area contributed by atoms with Crippen molar-refractivity contribution < 1.29 is 0 Å². The molecule has 2 saturated heterocycles. The van der Waals surface area contributed by atoms with Gasteiger partial charge in [-0.3, -0.25) is 9.58 Å². The molecular formula is C23H27N5. The Hall–Kier alpha value is -2.66. The number of aryl methyl sites for hydroxylation is 1. The van der Waals surface area contributed by atoms with Crippen molar-refractivity contribution in [3.63, 3.8) is 0 Å². The number of hydrogen-bond donors (Lipinski definition) is 1. The third-order valence-electron chi connectivity index (χ3n) is 6.28. The molecule has 0 radical (unpaired) electrons. The molecule has 5 heteroatoms. The van der Waals surface area contributed by atoms with Crippen LogP contribution in [0.2, 0.25) is 0 Å². The molecule has 2 unspecified atom stereocenters. The molecule has 1 N–H and O–H groups in total. The van der Waals surface area contributed by atoms with E-state index in [-0.39, 0.29) is 0 Å². The lowest BCUT2D eigenvalue weighted by molar-refractivity contribution is 0.154. The van der Waals surface area contributed by atoms with E-state index < -0.39 is 0 Å². The van der Waals surface area contributed by atoms with E-state index >= 15 is 0 Å². The summed E-state index contributed by atoms with van der Waals surface area (Å²) in [4.78, 5) is 7.25. The Morgan fingerprint density at radius 1 is 1.07 bits per heavy atom. The van der Waals surface area contributed by atoms with Gasteiger partial charge in [0.2, 0.25) is 0 Å². The number of hydrogen-bond acceptors (Lipinski definition) is 4. The molecule has 2 aromatic heterocycles. The lowest BCUT2D eigenvalue weighted by Gasteiger charge is -2.35. The second kappa shape index (κ2) is 7.06. The third-order valence-corrected chi connectivity index (χ3v) is 6.28. The molecule has 2 aliphatic heterocycles. The van der Waals surface area contributed by atoms with Crippen molar-refractivity contribution in [1.82, 2.24) is 19.7 Å². The van der Waals surface area contributed by atoms with Gasteiger partial charge in [0.1, 0.15) is 5.82 Å². The van der Waals surface area contributed by atoms with Crippen LogP contribution in [0.25, 0.3) is 21.9 Å². The van der Waals surface area contributed by atoms with Crippen LogP contribution in [-0.4, -0.2) is 38.3 Å². The number of nitrogens with zero attached hydrogens (tertiary/aromatic N) is 4. The first kappa shape index (κ1) is 17.4. The Kier molecular flexibility index (Phi) is 4.40. The molecule has 5 rings (SSSR count). The summed E-state index contributed by atoms with van der Waals surface area (Å²) in [5, 5.41) is 10.0. The summed E-state index contributed by atoms with van der Waals surface area (Å²) in [5.74, 6) is 0.866. The predicted molar refractivity (Wildman–Crippen MR) is 114 cm³/mol. The van der Waals surface area contributed by atoms with E-state index in [4.69, 9.17) is 0 Å². The van der Waals surface area contributed by atoms with Crippen LogP contribution in [0, 0.1) is 0 Å². The fourth-order valence-electron chi connectivity index (χ4n) is 4.88. The van der Waals surface area contributed by atoms with Gasteiger partial charge in [0, 0.05) is 54.7 Å². The van der Waals surface area contributed by atoms with Crippen molar-refractivity contribution in [3.05, 3.63) is 55.1 Å².